The number of hydrogen-bond acceptors (Lipinski definition) is 3. The van der Waals surface area contributed by atoms with Crippen LogP contribution in [0.5, 0.6) is 0 Å². The van der Waals surface area contributed by atoms with Crippen LogP contribution in [-0.4, -0.2) is 22.4 Å². The van der Waals surface area contributed by atoms with Gasteiger partial charge in [-0.2, -0.15) is 5.10 Å². The van der Waals surface area contributed by atoms with Crippen molar-refractivity contribution in [2.75, 3.05) is 11.9 Å². The summed E-state index contributed by atoms with van der Waals surface area (Å²) >= 11 is 0. The van der Waals surface area contributed by atoms with Gasteiger partial charge in [0.1, 0.15) is 5.82 Å². The highest BCUT2D eigenvalue weighted by Gasteiger charge is 2.00. The Hall–Kier alpha value is -1.03. The molecule has 3 N–H and O–H groups in total. The van der Waals surface area contributed by atoms with Gasteiger partial charge in [-0.1, -0.05) is 0 Å². The average molecular weight is 196 g/mol. The molecule has 1 unspecified atom stereocenters. The third-order valence-corrected chi connectivity index (χ3v) is 2.14. The number of nitrogens with zero attached hydrogens (tertiary/aromatic N) is 2. The van der Waals surface area contributed by atoms with Crippen molar-refractivity contribution in [3.8, 4) is 0 Å². The first-order chi connectivity index (χ1) is 6.59. The molecule has 14 heavy (non-hydrogen) atoms. The van der Waals surface area contributed by atoms with Crippen LogP contribution in [0.1, 0.15) is 25.5 Å². The Morgan fingerprint density at radius 2 is 2.36 bits per heavy atom. The van der Waals surface area contributed by atoms with Gasteiger partial charge in [-0.25, -0.2) is 0 Å². The van der Waals surface area contributed by atoms with Crippen LogP contribution in [0.25, 0.3) is 0 Å². The summed E-state index contributed by atoms with van der Waals surface area (Å²) in [5, 5.41) is 7.59. The van der Waals surface area contributed by atoms with E-state index in [4.69, 9.17) is 5.73 Å². The lowest BCUT2D eigenvalue weighted by atomic mass is 10.2. The molecule has 80 valence electrons. The molecule has 0 aliphatic carbocycles. The Bertz CT molecular complexity index is 278. The van der Waals surface area contributed by atoms with E-state index in [2.05, 4.69) is 10.4 Å². The van der Waals surface area contributed by atoms with Crippen LogP contribution in [0, 0.1) is 6.92 Å². The predicted octanol–water partition coefficient (Wildman–Crippen LogP) is 1.27. The molecule has 1 atom stereocenters. The van der Waals surface area contributed by atoms with Crippen molar-refractivity contribution in [1.29, 1.82) is 0 Å². The molecule has 0 aromatic carbocycles. The topological polar surface area (TPSA) is 55.9 Å². The molecule has 0 spiro atoms. The molecule has 1 rings (SSSR count). The molecule has 1 aromatic rings. The van der Waals surface area contributed by atoms with Crippen LogP contribution in [0.4, 0.5) is 5.82 Å². The minimum atomic E-state index is 0.296. The summed E-state index contributed by atoms with van der Waals surface area (Å²) in [6, 6.07) is 2.34. The Morgan fingerprint density at radius 1 is 1.64 bits per heavy atom. The van der Waals surface area contributed by atoms with Crippen LogP contribution in [0.3, 0.4) is 0 Å². The molecule has 0 fully saturated rings. The number of nitrogens with two attached hydrogens (primary N) is 1. The molecule has 0 radical (unpaired) electrons. The summed E-state index contributed by atoms with van der Waals surface area (Å²) in [6.45, 7) is 4.99. The zero-order chi connectivity index (χ0) is 10.6. The van der Waals surface area contributed by atoms with Gasteiger partial charge in [-0.15, -0.1) is 0 Å². The molecule has 1 aromatic heterocycles. The number of nitrogens with one attached hydrogen (secondary N) is 1. The van der Waals surface area contributed by atoms with Gasteiger partial charge in [0, 0.05) is 25.7 Å². The van der Waals surface area contributed by atoms with Crippen molar-refractivity contribution in [2.24, 2.45) is 12.8 Å². The summed E-state index contributed by atoms with van der Waals surface area (Å²) in [7, 11) is 1.95. The van der Waals surface area contributed by atoms with E-state index in [1.165, 1.54) is 0 Å². The lowest BCUT2D eigenvalue weighted by Crippen LogP contribution is -2.16. The van der Waals surface area contributed by atoms with Crippen molar-refractivity contribution in [2.45, 2.75) is 32.7 Å². The van der Waals surface area contributed by atoms with Crippen LogP contribution >= 0.6 is 0 Å². The Balaban J connectivity index is 2.28. The highest BCUT2D eigenvalue weighted by Crippen LogP contribution is 2.07. The lowest BCUT2D eigenvalue weighted by molar-refractivity contribution is 0.636. The molecule has 4 nitrogen and oxygen atoms in total. The molecule has 0 amide bonds. The number of aryl methyl sites for hydroxylation is 2. The minimum absolute atomic E-state index is 0.296. The van der Waals surface area contributed by atoms with E-state index in [9.17, 15) is 0 Å². The largest absolute Gasteiger partial charge is 0.370 e. The summed E-state index contributed by atoms with van der Waals surface area (Å²) in [5.74, 6) is 1.08. The molecule has 0 saturated heterocycles. The number of aromatic nitrogens is 2. The Labute approximate surface area is 85.5 Å². The Morgan fingerprint density at radius 3 is 2.86 bits per heavy atom. The van der Waals surface area contributed by atoms with E-state index >= 15 is 0 Å². The number of hydrogen-bond donors (Lipinski definition) is 2. The van der Waals surface area contributed by atoms with Gasteiger partial charge in [0.2, 0.25) is 0 Å². The third-order valence-electron chi connectivity index (χ3n) is 2.14. The lowest BCUT2D eigenvalue weighted by Gasteiger charge is -2.07. The predicted molar refractivity (Wildman–Crippen MR) is 59.3 cm³/mol. The average Bonchev–Trinajstić information content (AvgIpc) is 2.39. The maximum Gasteiger partial charge on any atom is 0.124 e. The van der Waals surface area contributed by atoms with E-state index in [1.807, 2.05) is 31.6 Å². The van der Waals surface area contributed by atoms with Crippen molar-refractivity contribution in [3.63, 3.8) is 0 Å². The van der Waals surface area contributed by atoms with Crippen LogP contribution in [-0.2, 0) is 7.05 Å². The second-order valence-electron chi connectivity index (χ2n) is 3.84. The molecule has 0 aliphatic heterocycles. The molecular formula is C10H20N4. The zero-order valence-corrected chi connectivity index (χ0v) is 9.25. The van der Waals surface area contributed by atoms with Crippen LogP contribution in [0.2, 0.25) is 0 Å². The summed E-state index contributed by atoms with van der Waals surface area (Å²) in [4.78, 5) is 0. The zero-order valence-electron chi connectivity index (χ0n) is 9.25. The van der Waals surface area contributed by atoms with Gasteiger partial charge in [-0.3, -0.25) is 4.68 Å². The van der Waals surface area contributed by atoms with Crippen LogP contribution in [0.15, 0.2) is 6.07 Å². The van der Waals surface area contributed by atoms with Crippen molar-refractivity contribution < 1.29 is 0 Å². The second kappa shape index (κ2) is 5.00. The van der Waals surface area contributed by atoms with Gasteiger partial charge in [0.15, 0.2) is 0 Å². The molecule has 4 heteroatoms. The second-order valence-corrected chi connectivity index (χ2v) is 3.84. The molecular weight excluding hydrogens is 176 g/mol. The highest BCUT2D eigenvalue weighted by atomic mass is 15.3. The van der Waals surface area contributed by atoms with E-state index < -0.39 is 0 Å². The normalized spacial score (nSPS) is 12.9. The smallest absolute Gasteiger partial charge is 0.124 e. The molecule has 0 aliphatic rings. The van der Waals surface area contributed by atoms with E-state index in [0.717, 1.165) is 30.9 Å². The fourth-order valence-corrected chi connectivity index (χ4v) is 1.42. The maximum absolute atomic E-state index is 5.66. The van der Waals surface area contributed by atoms with Crippen molar-refractivity contribution in [3.05, 3.63) is 11.8 Å². The quantitative estimate of drug-likeness (QED) is 0.697. The van der Waals surface area contributed by atoms with Crippen LogP contribution < -0.4 is 11.1 Å². The third kappa shape index (κ3) is 3.38. The summed E-state index contributed by atoms with van der Waals surface area (Å²) in [5.41, 5.74) is 6.70. The van der Waals surface area contributed by atoms with Gasteiger partial charge in [0.05, 0.1) is 5.69 Å². The molecule has 0 bridgehead atoms. The van der Waals surface area contributed by atoms with Gasteiger partial charge >= 0.3 is 0 Å². The Kier molecular flexibility index (Phi) is 3.95. The first kappa shape index (κ1) is 11.0. The maximum atomic E-state index is 5.66. The van der Waals surface area contributed by atoms with Gasteiger partial charge in [-0.05, 0) is 26.7 Å². The van der Waals surface area contributed by atoms with Gasteiger partial charge in [0.25, 0.3) is 0 Å². The number of anilines is 1. The monoisotopic (exact) mass is 196 g/mol. The first-order valence-electron chi connectivity index (χ1n) is 5.09. The fraction of sp³-hybridized carbons (Fsp3) is 0.700. The first-order valence-corrected chi connectivity index (χ1v) is 5.09. The van der Waals surface area contributed by atoms with E-state index in [0.29, 0.717) is 6.04 Å². The SMILES string of the molecule is Cc1cc(NCCCC(C)N)n(C)n1. The van der Waals surface area contributed by atoms with E-state index in [1.54, 1.807) is 0 Å². The molecule has 1 heterocycles. The standard InChI is InChI=1S/C10H20N4/c1-8(11)5-4-6-12-10-7-9(2)13-14(10)3/h7-8,12H,4-6,11H2,1-3H3. The van der Waals surface area contributed by atoms with E-state index in [-0.39, 0.29) is 0 Å². The summed E-state index contributed by atoms with van der Waals surface area (Å²) < 4.78 is 1.86. The highest BCUT2D eigenvalue weighted by molar-refractivity contribution is 5.36. The summed E-state index contributed by atoms with van der Waals surface area (Å²) in [6.07, 6.45) is 2.16. The minimum Gasteiger partial charge on any atom is -0.370 e. The van der Waals surface area contributed by atoms with Crippen molar-refractivity contribution in [1.82, 2.24) is 9.78 Å². The fourth-order valence-electron chi connectivity index (χ4n) is 1.42. The van der Waals surface area contributed by atoms with Crippen molar-refractivity contribution >= 4 is 5.82 Å². The number of rotatable bonds is 5. The molecule has 0 saturated carbocycles. The van der Waals surface area contributed by atoms with Gasteiger partial charge < -0.3 is 11.1 Å².